The summed E-state index contributed by atoms with van der Waals surface area (Å²) in [5.41, 5.74) is 0.424. The summed E-state index contributed by atoms with van der Waals surface area (Å²) in [6.07, 6.45) is 4.59. The Morgan fingerprint density at radius 1 is 1.25 bits per heavy atom. The van der Waals surface area contributed by atoms with Crippen molar-refractivity contribution < 1.29 is 9.90 Å². The van der Waals surface area contributed by atoms with Gasteiger partial charge < -0.3 is 14.9 Å². The number of amides is 1. The van der Waals surface area contributed by atoms with Crippen LogP contribution in [-0.4, -0.2) is 52.1 Å². The predicted molar refractivity (Wildman–Crippen MR) is 76.1 cm³/mol. The van der Waals surface area contributed by atoms with Gasteiger partial charge in [-0.3, -0.25) is 9.78 Å². The van der Waals surface area contributed by atoms with Crippen LogP contribution in [0.25, 0.3) is 0 Å². The monoisotopic (exact) mass is 290 g/mol. The molecule has 3 heterocycles. The summed E-state index contributed by atoms with van der Waals surface area (Å²) >= 11 is 1.61. The number of hydrogen-bond donors (Lipinski definition) is 1. The SMILES string of the molecule is O=C(c1cncc(O)c1)N1CCN(c2nccs2)CC1. The second kappa shape index (κ2) is 5.46. The zero-order chi connectivity index (χ0) is 13.9. The molecule has 3 rings (SSSR count). The summed E-state index contributed by atoms with van der Waals surface area (Å²) in [6.45, 7) is 2.83. The molecule has 2 aromatic rings. The van der Waals surface area contributed by atoms with Gasteiger partial charge in [0.2, 0.25) is 0 Å². The Bertz CT molecular complexity index is 594. The van der Waals surface area contributed by atoms with Crippen molar-refractivity contribution in [2.45, 2.75) is 0 Å². The maximum Gasteiger partial charge on any atom is 0.255 e. The van der Waals surface area contributed by atoms with E-state index in [1.807, 2.05) is 5.38 Å². The molecule has 1 aliphatic rings. The summed E-state index contributed by atoms with van der Waals surface area (Å²) in [4.78, 5) is 24.4. The van der Waals surface area contributed by atoms with Crippen molar-refractivity contribution >= 4 is 22.4 Å². The first kappa shape index (κ1) is 12.9. The molecule has 0 spiro atoms. The number of aromatic nitrogens is 2. The Labute approximate surface area is 120 Å². The van der Waals surface area contributed by atoms with E-state index in [1.54, 1.807) is 22.4 Å². The van der Waals surface area contributed by atoms with Gasteiger partial charge in [0, 0.05) is 44.0 Å². The lowest BCUT2D eigenvalue weighted by Crippen LogP contribution is -2.48. The Balaban J connectivity index is 1.65. The average Bonchev–Trinajstić information content (AvgIpc) is 3.01. The van der Waals surface area contributed by atoms with Crippen LogP contribution in [0.1, 0.15) is 10.4 Å². The Hall–Kier alpha value is -2.15. The fourth-order valence-corrected chi connectivity index (χ4v) is 2.90. The molecule has 0 unspecified atom stereocenters. The zero-order valence-electron chi connectivity index (χ0n) is 10.8. The van der Waals surface area contributed by atoms with Crippen LogP contribution in [0.5, 0.6) is 5.75 Å². The summed E-state index contributed by atoms with van der Waals surface area (Å²) in [7, 11) is 0. The van der Waals surface area contributed by atoms with E-state index in [1.165, 1.54) is 18.5 Å². The molecule has 0 atom stereocenters. The minimum absolute atomic E-state index is 0.0114. The molecular formula is C13H14N4O2S. The normalized spacial score (nSPS) is 15.4. The first-order chi connectivity index (χ1) is 9.74. The van der Waals surface area contributed by atoms with Crippen molar-refractivity contribution in [1.82, 2.24) is 14.9 Å². The number of anilines is 1. The average molecular weight is 290 g/mol. The highest BCUT2D eigenvalue weighted by Crippen LogP contribution is 2.20. The molecule has 1 amide bonds. The van der Waals surface area contributed by atoms with Crippen LogP contribution in [0.4, 0.5) is 5.13 Å². The standard InChI is InChI=1S/C13H14N4O2S/c18-11-7-10(8-14-9-11)12(19)16-2-4-17(5-3-16)13-15-1-6-20-13/h1,6-9,18H,2-5H2. The number of pyridine rings is 1. The summed E-state index contributed by atoms with van der Waals surface area (Å²) in [5, 5.41) is 12.3. The summed E-state index contributed by atoms with van der Waals surface area (Å²) in [6, 6.07) is 1.45. The van der Waals surface area contributed by atoms with E-state index in [0.29, 0.717) is 18.7 Å². The number of piperazine rings is 1. The third kappa shape index (κ3) is 2.57. The van der Waals surface area contributed by atoms with Crippen molar-refractivity contribution in [2.24, 2.45) is 0 Å². The van der Waals surface area contributed by atoms with Crippen molar-refractivity contribution in [3.63, 3.8) is 0 Å². The fraction of sp³-hybridized carbons (Fsp3) is 0.308. The number of aromatic hydroxyl groups is 1. The van der Waals surface area contributed by atoms with Gasteiger partial charge in [0.1, 0.15) is 5.75 Å². The zero-order valence-corrected chi connectivity index (χ0v) is 11.6. The van der Waals surface area contributed by atoms with Gasteiger partial charge in [-0.1, -0.05) is 0 Å². The lowest BCUT2D eigenvalue weighted by atomic mass is 10.2. The van der Waals surface area contributed by atoms with Crippen LogP contribution in [0.15, 0.2) is 30.0 Å². The van der Waals surface area contributed by atoms with E-state index in [0.717, 1.165) is 18.2 Å². The van der Waals surface area contributed by atoms with Gasteiger partial charge in [-0.2, -0.15) is 0 Å². The van der Waals surface area contributed by atoms with E-state index in [9.17, 15) is 9.90 Å². The van der Waals surface area contributed by atoms with Gasteiger partial charge >= 0.3 is 0 Å². The van der Waals surface area contributed by atoms with Crippen molar-refractivity contribution in [3.8, 4) is 5.75 Å². The van der Waals surface area contributed by atoms with Crippen LogP contribution in [0, 0.1) is 0 Å². The van der Waals surface area contributed by atoms with Crippen LogP contribution in [0.2, 0.25) is 0 Å². The molecule has 0 aliphatic carbocycles. The predicted octanol–water partition coefficient (Wildman–Crippen LogP) is 1.21. The highest BCUT2D eigenvalue weighted by Gasteiger charge is 2.23. The lowest BCUT2D eigenvalue weighted by molar-refractivity contribution is 0.0746. The summed E-state index contributed by atoms with van der Waals surface area (Å²) < 4.78 is 0. The third-order valence-corrected chi connectivity index (χ3v) is 4.06. The van der Waals surface area contributed by atoms with Crippen LogP contribution in [0.3, 0.4) is 0 Å². The van der Waals surface area contributed by atoms with Gasteiger partial charge in [0.05, 0.1) is 11.8 Å². The van der Waals surface area contributed by atoms with Crippen molar-refractivity contribution in [3.05, 3.63) is 35.6 Å². The molecule has 1 N–H and O–H groups in total. The van der Waals surface area contributed by atoms with Crippen molar-refractivity contribution in [2.75, 3.05) is 31.1 Å². The van der Waals surface area contributed by atoms with E-state index < -0.39 is 0 Å². The van der Waals surface area contributed by atoms with Crippen LogP contribution >= 0.6 is 11.3 Å². The van der Waals surface area contributed by atoms with Gasteiger partial charge in [0.15, 0.2) is 5.13 Å². The first-order valence-corrected chi connectivity index (χ1v) is 7.20. The number of hydrogen-bond acceptors (Lipinski definition) is 6. The van der Waals surface area contributed by atoms with Gasteiger partial charge in [-0.15, -0.1) is 11.3 Å². The van der Waals surface area contributed by atoms with E-state index in [2.05, 4.69) is 14.9 Å². The highest BCUT2D eigenvalue weighted by atomic mass is 32.1. The molecule has 0 saturated carbocycles. The molecule has 1 saturated heterocycles. The van der Waals surface area contributed by atoms with Gasteiger partial charge in [0.25, 0.3) is 5.91 Å². The maximum absolute atomic E-state index is 12.3. The molecular weight excluding hydrogens is 276 g/mol. The van der Waals surface area contributed by atoms with E-state index >= 15 is 0 Å². The van der Waals surface area contributed by atoms with Gasteiger partial charge in [-0.25, -0.2) is 4.98 Å². The first-order valence-electron chi connectivity index (χ1n) is 6.32. The number of carbonyl (C=O) groups is 1. The molecule has 2 aromatic heterocycles. The second-order valence-corrected chi connectivity index (χ2v) is 5.40. The molecule has 1 aliphatic heterocycles. The molecule has 0 bridgehead atoms. The lowest BCUT2D eigenvalue weighted by Gasteiger charge is -2.34. The quantitative estimate of drug-likeness (QED) is 0.900. The minimum atomic E-state index is -0.0906. The van der Waals surface area contributed by atoms with E-state index in [4.69, 9.17) is 0 Å². The highest BCUT2D eigenvalue weighted by molar-refractivity contribution is 7.13. The summed E-state index contributed by atoms with van der Waals surface area (Å²) in [5.74, 6) is -0.0792. The maximum atomic E-state index is 12.3. The molecule has 0 aromatic carbocycles. The van der Waals surface area contributed by atoms with Crippen molar-refractivity contribution in [1.29, 1.82) is 0 Å². The number of nitrogens with zero attached hydrogens (tertiary/aromatic N) is 4. The number of thiazole rings is 1. The molecule has 1 fully saturated rings. The topological polar surface area (TPSA) is 69.6 Å². The minimum Gasteiger partial charge on any atom is -0.506 e. The molecule has 6 nitrogen and oxygen atoms in total. The fourth-order valence-electron chi connectivity index (χ4n) is 2.20. The third-order valence-electron chi connectivity index (χ3n) is 3.23. The Morgan fingerprint density at radius 3 is 2.70 bits per heavy atom. The molecule has 7 heteroatoms. The van der Waals surface area contributed by atoms with Crippen LogP contribution in [-0.2, 0) is 0 Å². The Kier molecular flexibility index (Phi) is 3.51. The Morgan fingerprint density at radius 2 is 2.05 bits per heavy atom. The molecule has 0 radical (unpaired) electrons. The molecule has 104 valence electrons. The van der Waals surface area contributed by atoms with Crippen LogP contribution < -0.4 is 4.90 Å². The smallest absolute Gasteiger partial charge is 0.255 e. The van der Waals surface area contributed by atoms with Gasteiger partial charge in [-0.05, 0) is 6.07 Å². The number of carbonyl (C=O) groups excluding carboxylic acids is 1. The van der Waals surface area contributed by atoms with E-state index in [-0.39, 0.29) is 11.7 Å². The second-order valence-electron chi connectivity index (χ2n) is 4.53. The largest absolute Gasteiger partial charge is 0.506 e. The number of rotatable bonds is 2. The molecule has 20 heavy (non-hydrogen) atoms.